The smallest absolute Gasteiger partial charge is 0.338 e. The topological polar surface area (TPSA) is 88.0 Å². The molecule has 9 nitrogen and oxygen atoms in total. The molecule has 1 amide bonds. The van der Waals surface area contributed by atoms with Crippen molar-refractivity contribution < 1.29 is 14.3 Å². The number of ether oxygens (including phenoxy) is 1. The number of nitrogens with zero attached hydrogens (tertiary/aromatic N) is 5. The van der Waals surface area contributed by atoms with Gasteiger partial charge in [0.2, 0.25) is 5.91 Å². The molecule has 0 aliphatic carbocycles. The number of likely N-dealkylation sites (tertiary alicyclic amines) is 1. The maximum absolute atomic E-state index is 14.1. The lowest BCUT2D eigenvalue weighted by atomic mass is 10.1. The van der Waals surface area contributed by atoms with Gasteiger partial charge < -0.3 is 14.5 Å². The molecule has 0 unspecified atom stereocenters. The van der Waals surface area contributed by atoms with E-state index >= 15 is 0 Å². The van der Waals surface area contributed by atoms with Crippen molar-refractivity contribution in [2.75, 3.05) is 37.6 Å². The van der Waals surface area contributed by atoms with Gasteiger partial charge in [-0.1, -0.05) is 23.9 Å². The van der Waals surface area contributed by atoms with E-state index in [2.05, 4.69) is 10.8 Å². The summed E-state index contributed by atoms with van der Waals surface area (Å²) < 4.78 is 7.01. The van der Waals surface area contributed by atoms with E-state index in [9.17, 15) is 14.4 Å². The molecule has 1 aliphatic rings. The molecule has 10 heteroatoms. The minimum Gasteiger partial charge on any atom is -0.456 e. The summed E-state index contributed by atoms with van der Waals surface area (Å²) in [5.74, 6) is 2.73. The number of aromatic nitrogens is 2. The summed E-state index contributed by atoms with van der Waals surface area (Å²) in [5, 5.41) is 0.854. The predicted octanol–water partition coefficient (Wildman–Crippen LogP) is 5.50. The molecule has 3 aromatic rings. The number of anilines is 1. The zero-order valence-electron chi connectivity index (χ0n) is 27.1. The van der Waals surface area contributed by atoms with Gasteiger partial charge in [-0.15, -0.1) is 6.42 Å². The van der Waals surface area contributed by atoms with Crippen LogP contribution in [-0.4, -0.2) is 69.6 Å². The first-order valence-electron chi connectivity index (χ1n) is 15.7. The van der Waals surface area contributed by atoms with Crippen LogP contribution in [0.5, 0.6) is 0 Å². The molecule has 1 fully saturated rings. The van der Waals surface area contributed by atoms with Crippen LogP contribution in [0.1, 0.15) is 75.6 Å². The van der Waals surface area contributed by atoms with E-state index in [4.69, 9.17) is 27.7 Å². The lowest BCUT2D eigenvalue weighted by Crippen LogP contribution is -2.39. The van der Waals surface area contributed by atoms with Gasteiger partial charge >= 0.3 is 5.97 Å². The molecule has 0 spiro atoms. The zero-order chi connectivity index (χ0) is 32.7. The van der Waals surface area contributed by atoms with E-state index in [1.807, 2.05) is 51.7 Å². The molecule has 0 saturated carbocycles. The van der Waals surface area contributed by atoms with Crippen LogP contribution in [-0.2, 0) is 29.2 Å². The van der Waals surface area contributed by atoms with Crippen molar-refractivity contribution in [3.8, 4) is 12.3 Å². The van der Waals surface area contributed by atoms with Gasteiger partial charge in [-0.3, -0.25) is 19.1 Å². The van der Waals surface area contributed by atoms with Crippen molar-refractivity contribution in [2.24, 2.45) is 0 Å². The van der Waals surface area contributed by atoms with E-state index in [0.717, 1.165) is 31.6 Å². The van der Waals surface area contributed by atoms with Gasteiger partial charge in [-0.2, -0.15) is 0 Å². The van der Waals surface area contributed by atoms with Crippen LogP contribution < -0.4 is 10.5 Å². The number of terminal acetylenes is 1. The second kappa shape index (κ2) is 14.9. The van der Waals surface area contributed by atoms with Crippen molar-refractivity contribution in [1.82, 2.24) is 19.4 Å². The Labute approximate surface area is 271 Å². The molecule has 4 rings (SSSR count). The van der Waals surface area contributed by atoms with Gasteiger partial charge in [0.25, 0.3) is 5.56 Å². The molecule has 0 bridgehead atoms. The lowest BCUT2D eigenvalue weighted by Gasteiger charge is -2.28. The van der Waals surface area contributed by atoms with Crippen LogP contribution in [0.4, 0.5) is 5.69 Å². The quantitative estimate of drug-likeness (QED) is 0.204. The SMILES string of the molecule is C#CCN(Cc1cc2c(=O)n(CC(=O)N(CC)CC)c(CN3CCCCC3)nc2cc1Cl)c1ccc(C(=O)OC(C)(C)C)cc1. The Balaban J connectivity index is 1.70. The fourth-order valence-electron chi connectivity index (χ4n) is 5.57. The third-order valence-electron chi connectivity index (χ3n) is 7.93. The maximum atomic E-state index is 14.1. The molecular weight excluding hydrogens is 590 g/mol. The number of halogens is 1. The van der Waals surface area contributed by atoms with E-state index < -0.39 is 11.6 Å². The molecule has 1 aliphatic heterocycles. The predicted molar refractivity (Wildman–Crippen MR) is 180 cm³/mol. The summed E-state index contributed by atoms with van der Waals surface area (Å²) in [4.78, 5) is 50.6. The number of carbonyl (C=O) groups is 2. The highest BCUT2D eigenvalue weighted by molar-refractivity contribution is 6.32. The van der Waals surface area contributed by atoms with Crippen LogP contribution in [0.2, 0.25) is 5.02 Å². The molecule has 0 N–H and O–H groups in total. The third kappa shape index (κ3) is 8.65. The molecular formula is C35H44ClN5O4. The van der Waals surface area contributed by atoms with Gasteiger partial charge in [0, 0.05) is 30.3 Å². The van der Waals surface area contributed by atoms with Crippen LogP contribution in [0.25, 0.3) is 10.9 Å². The molecule has 2 aromatic carbocycles. The first-order valence-corrected chi connectivity index (χ1v) is 16.1. The second-order valence-electron chi connectivity index (χ2n) is 12.4. The Morgan fingerprint density at radius 2 is 1.73 bits per heavy atom. The van der Waals surface area contributed by atoms with Crippen LogP contribution >= 0.6 is 11.6 Å². The molecule has 0 radical (unpaired) electrons. The molecule has 1 aromatic heterocycles. The van der Waals surface area contributed by atoms with Gasteiger partial charge in [-0.25, -0.2) is 9.78 Å². The lowest BCUT2D eigenvalue weighted by molar-refractivity contribution is -0.131. The zero-order valence-corrected chi connectivity index (χ0v) is 27.8. The Kier molecular flexibility index (Phi) is 11.3. The number of esters is 1. The number of fused-ring (bicyclic) bond motifs is 1. The molecule has 45 heavy (non-hydrogen) atoms. The number of rotatable bonds is 11. The standard InChI is InChI=1S/C35H44ClN5O4/c1-7-17-40(27-15-13-25(14-16-27)34(44)45-35(4,5)6)22-26-20-28-30(21-29(26)36)37-31(23-38-18-11-10-12-19-38)41(33(28)43)24-32(42)39(8-2)9-3/h1,13-16,20-21H,8-12,17-19,22-24H2,2-6H3. The molecule has 2 heterocycles. The first-order chi connectivity index (χ1) is 21.4. The van der Waals surface area contributed by atoms with E-state index in [-0.39, 0.29) is 24.6 Å². The minimum atomic E-state index is -0.599. The minimum absolute atomic E-state index is 0.0716. The van der Waals surface area contributed by atoms with Gasteiger partial charge in [0.05, 0.1) is 29.6 Å². The number of hydrogen-bond donors (Lipinski definition) is 0. The van der Waals surface area contributed by atoms with Gasteiger partial charge in [0.15, 0.2) is 0 Å². The maximum Gasteiger partial charge on any atom is 0.338 e. The number of hydrogen-bond acceptors (Lipinski definition) is 7. The van der Waals surface area contributed by atoms with Crippen molar-refractivity contribution in [2.45, 2.75) is 79.1 Å². The fraction of sp³-hybridized carbons (Fsp3) is 0.486. The van der Waals surface area contributed by atoms with Crippen LogP contribution in [0, 0.1) is 12.3 Å². The van der Waals surface area contributed by atoms with Crippen molar-refractivity contribution >= 4 is 40.1 Å². The number of piperidine rings is 1. The molecule has 0 atom stereocenters. The third-order valence-corrected chi connectivity index (χ3v) is 8.29. The van der Waals surface area contributed by atoms with Crippen molar-refractivity contribution in [3.05, 3.63) is 68.7 Å². The molecule has 240 valence electrons. The Bertz CT molecular complexity index is 1610. The van der Waals surface area contributed by atoms with E-state index in [0.29, 0.717) is 59.1 Å². The summed E-state index contributed by atoms with van der Waals surface area (Å²) >= 11 is 6.80. The highest BCUT2D eigenvalue weighted by Gasteiger charge is 2.22. The van der Waals surface area contributed by atoms with E-state index in [1.165, 1.54) is 11.0 Å². The normalized spacial score (nSPS) is 13.8. The highest BCUT2D eigenvalue weighted by Crippen LogP contribution is 2.26. The van der Waals surface area contributed by atoms with Gasteiger partial charge in [-0.05, 0) is 103 Å². The summed E-state index contributed by atoms with van der Waals surface area (Å²) in [5.41, 5.74) is 1.55. The highest BCUT2D eigenvalue weighted by atomic mass is 35.5. The molecule has 1 saturated heterocycles. The summed E-state index contributed by atoms with van der Waals surface area (Å²) in [7, 11) is 0. The second-order valence-corrected chi connectivity index (χ2v) is 12.8. The summed E-state index contributed by atoms with van der Waals surface area (Å²) in [6.07, 6.45) is 9.12. The number of benzene rings is 2. The number of carbonyl (C=O) groups excluding carboxylic acids is 2. The van der Waals surface area contributed by atoms with E-state index in [1.54, 1.807) is 29.2 Å². The monoisotopic (exact) mass is 633 g/mol. The van der Waals surface area contributed by atoms with Crippen LogP contribution in [0.15, 0.2) is 41.2 Å². The van der Waals surface area contributed by atoms with Gasteiger partial charge in [0.1, 0.15) is 18.0 Å². The summed E-state index contributed by atoms with van der Waals surface area (Å²) in [6, 6.07) is 10.5. The largest absolute Gasteiger partial charge is 0.456 e. The van der Waals surface area contributed by atoms with Crippen LogP contribution in [0.3, 0.4) is 0 Å². The average Bonchev–Trinajstić information content (AvgIpc) is 3.00. The Morgan fingerprint density at radius 3 is 2.33 bits per heavy atom. The Morgan fingerprint density at radius 1 is 1.07 bits per heavy atom. The average molecular weight is 634 g/mol. The number of likely N-dealkylation sites (N-methyl/N-ethyl adjacent to an activating group) is 1. The number of amides is 1. The summed E-state index contributed by atoms with van der Waals surface area (Å²) in [6.45, 7) is 13.3. The fourth-order valence-corrected chi connectivity index (χ4v) is 5.78. The first kappa shape index (κ1) is 34.0. The van der Waals surface area contributed by atoms with Crippen molar-refractivity contribution in [3.63, 3.8) is 0 Å². The Hall–Kier alpha value is -3.87. The van der Waals surface area contributed by atoms with Crippen molar-refractivity contribution in [1.29, 1.82) is 0 Å².